The molecule has 2 N–H and O–H groups in total. The Labute approximate surface area is 114 Å². The van der Waals surface area contributed by atoms with Crippen LogP contribution in [0.4, 0.5) is 11.4 Å². The average molecular weight is 275 g/mol. The summed E-state index contributed by atoms with van der Waals surface area (Å²) in [6.45, 7) is 1.82. The summed E-state index contributed by atoms with van der Waals surface area (Å²) < 4.78 is 0. The zero-order valence-corrected chi connectivity index (χ0v) is 10.7. The number of para-hydroxylation sites is 1. The Morgan fingerprint density at radius 2 is 2.25 bits per heavy atom. The summed E-state index contributed by atoms with van der Waals surface area (Å²) in [6, 6.07) is 6.34. The number of pyridine rings is 1. The summed E-state index contributed by atoms with van der Waals surface area (Å²) in [4.78, 5) is 25.3. The number of carbonyl (C=O) groups is 1. The summed E-state index contributed by atoms with van der Waals surface area (Å²) in [7, 11) is 0. The molecule has 7 nitrogen and oxygen atoms in total. The second-order valence-electron chi connectivity index (χ2n) is 4.41. The van der Waals surface area contributed by atoms with Crippen LogP contribution in [-0.2, 0) is 4.79 Å². The number of nitro groups is 1. The lowest BCUT2D eigenvalue weighted by Crippen LogP contribution is -2.19. The monoisotopic (exact) mass is 275 g/mol. The van der Waals surface area contributed by atoms with Gasteiger partial charge < -0.3 is 10.4 Å². The fourth-order valence-corrected chi connectivity index (χ4v) is 1.81. The maximum atomic E-state index is 10.9. The Morgan fingerprint density at radius 3 is 2.90 bits per heavy atom. The van der Waals surface area contributed by atoms with Gasteiger partial charge in [-0.05, 0) is 6.07 Å². The molecule has 20 heavy (non-hydrogen) atoms. The number of carboxylic acid groups (broad SMARTS) is 1. The van der Waals surface area contributed by atoms with Gasteiger partial charge >= 0.3 is 5.97 Å². The molecule has 0 saturated carbocycles. The number of nitrogens with zero attached hydrogens (tertiary/aromatic N) is 2. The number of fused-ring (bicyclic) bond motifs is 1. The number of carboxylic acids is 1. The molecule has 0 saturated heterocycles. The van der Waals surface area contributed by atoms with Gasteiger partial charge in [0.2, 0.25) is 0 Å². The van der Waals surface area contributed by atoms with E-state index < -0.39 is 16.8 Å². The molecule has 0 radical (unpaired) electrons. The zero-order chi connectivity index (χ0) is 14.7. The molecule has 7 heteroatoms. The van der Waals surface area contributed by atoms with E-state index >= 15 is 0 Å². The van der Waals surface area contributed by atoms with Gasteiger partial charge in [0.25, 0.3) is 5.69 Å². The van der Waals surface area contributed by atoms with E-state index in [-0.39, 0.29) is 17.7 Å². The van der Waals surface area contributed by atoms with Gasteiger partial charge in [-0.25, -0.2) is 4.98 Å². The third-order valence-electron chi connectivity index (χ3n) is 2.97. The van der Waals surface area contributed by atoms with Gasteiger partial charge in [0, 0.05) is 29.9 Å². The molecule has 2 rings (SSSR count). The molecular formula is C13H13N3O4. The van der Waals surface area contributed by atoms with Crippen molar-refractivity contribution in [3.05, 3.63) is 40.6 Å². The number of nitro benzene ring substituents is 1. The predicted molar refractivity (Wildman–Crippen MR) is 73.7 cm³/mol. The highest BCUT2D eigenvalue weighted by Gasteiger charge is 2.15. The van der Waals surface area contributed by atoms with Crippen molar-refractivity contribution in [2.75, 3.05) is 11.9 Å². The van der Waals surface area contributed by atoms with Crippen LogP contribution in [0.15, 0.2) is 30.5 Å². The minimum Gasteiger partial charge on any atom is -0.481 e. The molecule has 0 spiro atoms. The first-order valence-electron chi connectivity index (χ1n) is 5.99. The van der Waals surface area contributed by atoms with Crippen molar-refractivity contribution >= 4 is 28.2 Å². The third kappa shape index (κ3) is 2.66. The molecular weight excluding hydrogens is 262 g/mol. The molecule has 1 aromatic carbocycles. The standard InChI is InChI=1S/C13H13N3O4/c1-8(13(17)18)7-15-10-5-6-14-12-9(10)3-2-4-11(12)16(19)20/h2-6,8H,7H2,1H3,(H,14,15)(H,17,18). The number of rotatable bonds is 5. The fraction of sp³-hybridized carbons (Fsp3) is 0.231. The van der Waals surface area contributed by atoms with Crippen molar-refractivity contribution in [1.82, 2.24) is 4.98 Å². The topological polar surface area (TPSA) is 105 Å². The normalized spacial score (nSPS) is 12.1. The molecule has 2 aromatic rings. The molecule has 1 atom stereocenters. The Bertz CT molecular complexity index is 672. The number of hydrogen-bond acceptors (Lipinski definition) is 5. The maximum absolute atomic E-state index is 10.9. The Kier molecular flexibility index (Phi) is 3.79. The van der Waals surface area contributed by atoms with Crippen molar-refractivity contribution in [2.24, 2.45) is 5.92 Å². The molecule has 1 aromatic heterocycles. The summed E-state index contributed by atoms with van der Waals surface area (Å²) in [5.41, 5.74) is 0.842. The number of nitrogens with one attached hydrogen (secondary N) is 1. The molecule has 0 aliphatic rings. The highest BCUT2D eigenvalue weighted by molar-refractivity contribution is 5.96. The van der Waals surface area contributed by atoms with Crippen LogP contribution in [0.5, 0.6) is 0 Å². The second-order valence-corrected chi connectivity index (χ2v) is 4.41. The predicted octanol–water partition coefficient (Wildman–Crippen LogP) is 2.28. The fourth-order valence-electron chi connectivity index (χ4n) is 1.81. The second kappa shape index (κ2) is 5.52. The average Bonchev–Trinajstić information content (AvgIpc) is 2.43. The van der Waals surface area contributed by atoms with Crippen LogP contribution in [0.25, 0.3) is 10.9 Å². The number of anilines is 1. The van der Waals surface area contributed by atoms with Crippen LogP contribution in [0.2, 0.25) is 0 Å². The molecule has 0 bridgehead atoms. The maximum Gasteiger partial charge on any atom is 0.308 e. The van der Waals surface area contributed by atoms with Gasteiger partial charge in [-0.2, -0.15) is 0 Å². The summed E-state index contributed by atoms with van der Waals surface area (Å²) in [6.07, 6.45) is 1.46. The molecule has 1 unspecified atom stereocenters. The van der Waals surface area contributed by atoms with Crippen LogP contribution in [0.3, 0.4) is 0 Å². The SMILES string of the molecule is CC(CNc1ccnc2c([N+](=O)[O-])cccc12)C(=O)O. The van der Waals surface area contributed by atoms with Crippen LogP contribution in [-0.4, -0.2) is 27.5 Å². The molecule has 104 valence electrons. The largest absolute Gasteiger partial charge is 0.481 e. The highest BCUT2D eigenvalue weighted by Crippen LogP contribution is 2.28. The van der Waals surface area contributed by atoms with Crippen LogP contribution in [0.1, 0.15) is 6.92 Å². The number of benzene rings is 1. The molecule has 0 fully saturated rings. The van der Waals surface area contributed by atoms with E-state index in [1.54, 1.807) is 25.1 Å². The third-order valence-corrected chi connectivity index (χ3v) is 2.97. The number of hydrogen-bond donors (Lipinski definition) is 2. The molecule has 0 aliphatic carbocycles. The zero-order valence-electron chi connectivity index (χ0n) is 10.7. The van der Waals surface area contributed by atoms with Gasteiger partial charge in [-0.3, -0.25) is 14.9 Å². The summed E-state index contributed by atoms with van der Waals surface area (Å²) >= 11 is 0. The number of aromatic nitrogens is 1. The smallest absolute Gasteiger partial charge is 0.308 e. The van der Waals surface area contributed by atoms with Crippen LogP contribution < -0.4 is 5.32 Å². The number of aliphatic carboxylic acids is 1. The first-order chi connectivity index (χ1) is 9.50. The minimum absolute atomic E-state index is 0.0718. The Hall–Kier alpha value is -2.70. The van der Waals surface area contributed by atoms with Crippen LogP contribution in [0, 0.1) is 16.0 Å². The van der Waals surface area contributed by atoms with Gasteiger partial charge in [-0.15, -0.1) is 0 Å². The van der Waals surface area contributed by atoms with Gasteiger partial charge in [0.1, 0.15) is 5.52 Å². The first kappa shape index (κ1) is 13.7. The summed E-state index contributed by atoms with van der Waals surface area (Å²) in [5, 5.41) is 23.4. The lowest BCUT2D eigenvalue weighted by Gasteiger charge is -2.11. The Balaban J connectivity index is 2.38. The van der Waals surface area contributed by atoms with Crippen molar-refractivity contribution in [2.45, 2.75) is 6.92 Å². The molecule has 0 amide bonds. The lowest BCUT2D eigenvalue weighted by molar-refractivity contribution is -0.383. The molecule has 0 aliphatic heterocycles. The van der Waals surface area contributed by atoms with Crippen molar-refractivity contribution < 1.29 is 14.8 Å². The van der Waals surface area contributed by atoms with E-state index in [2.05, 4.69) is 10.3 Å². The van der Waals surface area contributed by atoms with E-state index in [1.165, 1.54) is 12.3 Å². The van der Waals surface area contributed by atoms with Gasteiger partial charge in [0.15, 0.2) is 0 Å². The Morgan fingerprint density at radius 1 is 1.50 bits per heavy atom. The van der Waals surface area contributed by atoms with E-state index in [9.17, 15) is 14.9 Å². The highest BCUT2D eigenvalue weighted by atomic mass is 16.6. The van der Waals surface area contributed by atoms with Gasteiger partial charge in [-0.1, -0.05) is 19.1 Å². The number of non-ortho nitro benzene ring substituents is 1. The van der Waals surface area contributed by atoms with E-state index in [0.717, 1.165) is 0 Å². The minimum atomic E-state index is -0.901. The summed E-state index contributed by atoms with van der Waals surface area (Å²) in [5.74, 6) is -1.46. The van der Waals surface area contributed by atoms with Gasteiger partial charge in [0.05, 0.1) is 10.8 Å². The first-order valence-corrected chi connectivity index (χ1v) is 5.99. The van der Waals surface area contributed by atoms with Crippen molar-refractivity contribution in [1.29, 1.82) is 0 Å². The van der Waals surface area contributed by atoms with E-state index in [1.807, 2.05) is 0 Å². The van der Waals surface area contributed by atoms with E-state index in [0.29, 0.717) is 11.1 Å². The van der Waals surface area contributed by atoms with Crippen molar-refractivity contribution in [3.63, 3.8) is 0 Å². The van der Waals surface area contributed by atoms with Crippen LogP contribution >= 0.6 is 0 Å². The quantitative estimate of drug-likeness (QED) is 0.640. The van der Waals surface area contributed by atoms with Crippen molar-refractivity contribution in [3.8, 4) is 0 Å². The lowest BCUT2D eigenvalue weighted by atomic mass is 10.1. The van der Waals surface area contributed by atoms with E-state index in [4.69, 9.17) is 5.11 Å². The molecule has 1 heterocycles.